The van der Waals surface area contributed by atoms with E-state index in [1.807, 2.05) is 6.92 Å². The van der Waals surface area contributed by atoms with E-state index in [0.717, 1.165) is 24.1 Å². The average molecular weight is 218 g/mol. The van der Waals surface area contributed by atoms with Crippen LogP contribution in [0.5, 0.6) is 0 Å². The van der Waals surface area contributed by atoms with Gasteiger partial charge in [0.05, 0.1) is 0 Å². The first kappa shape index (κ1) is 11.1. The number of nitrogens with one attached hydrogen (secondary N) is 1. The van der Waals surface area contributed by atoms with Crippen LogP contribution in [0.15, 0.2) is 12.1 Å². The molecule has 3 heteroatoms. The SMILES string of the molecule is CCC(N)c1cc(C)c2c(c1)CCC(=O)N2. The van der Waals surface area contributed by atoms with Gasteiger partial charge in [0.15, 0.2) is 0 Å². The van der Waals surface area contributed by atoms with Gasteiger partial charge in [-0.05, 0) is 36.5 Å². The lowest BCUT2D eigenvalue weighted by atomic mass is 9.93. The Balaban J connectivity index is 2.42. The summed E-state index contributed by atoms with van der Waals surface area (Å²) in [6.45, 7) is 4.11. The first-order valence-corrected chi connectivity index (χ1v) is 5.80. The van der Waals surface area contributed by atoms with E-state index in [9.17, 15) is 4.79 Å². The summed E-state index contributed by atoms with van der Waals surface area (Å²) in [5.74, 6) is 0.114. The fourth-order valence-electron chi connectivity index (χ4n) is 2.17. The Morgan fingerprint density at radius 2 is 2.19 bits per heavy atom. The average Bonchev–Trinajstić information content (AvgIpc) is 2.28. The molecule has 1 aliphatic heterocycles. The highest BCUT2D eigenvalue weighted by Crippen LogP contribution is 2.30. The molecule has 0 saturated carbocycles. The number of carbonyl (C=O) groups is 1. The largest absolute Gasteiger partial charge is 0.326 e. The second-order valence-corrected chi connectivity index (χ2v) is 4.43. The third-order valence-electron chi connectivity index (χ3n) is 3.19. The summed E-state index contributed by atoms with van der Waals surface area (Å²) in [5.41, 5.74) is 10.5. The number of hydrogen-bond donors (Lipinski definition) is 2. The molecule has 3 nitrogen and oxygen atoms in total. The zero-order valence-corrected chi connectivity index (χ0v) is 9.84. The molecule has 3 N–H and O–H groups in total. The number of amides is 1. The van der Waals surface area contributed by atoms with E-state index < -0.39 is 0 Å². The van der Waals surface area contributed by atoms with Crippen LogP contribution in [0.2, 0.25) is 0 Å². The highest BCUT2D eigenvalue weighted by Gasteiger charge is 2.18. The van der Waals surface area contributed by atoms with Crippen molar-refractivity contribution in [1.82, 2.24) is 0 Å². The van der Waals surface area contributed by atoms with Gasteiger partial charge in [-0.25, -0.2) is 0 Å². The Hall–Kier alpha value is -1.35. The monoisotopic (exact) mass is 218 g/mol. The van der Waals surface area contributed by atoms with Gasteiger partial charge in [-0.1, -0.05) is 19.1 Å². The van der Waals surface area contributed by atoms with Crippen molar-refractivity contribution >= 4 is 11.6 Å². The van der Waals surface area contributed by atoms with Crippen LogP contribution in [0.4, 0.5) is 5.69 Å². The number of rotatable bonds is 2. The van der Waals surface area contributed by atoms with E-state index >= 15 is 0 Å². The third kappa shape index (κ3) is 1.95. The highest BCUT2D eigenvalue weighted by atomic mass is 16.1. The maximum Gasteiger partial charge on any atom is 0.224 e. The molecule has 0 bridgehead atoms. The number of anilines is 1. The van der Waals surface area contributed by atoms with Crippen LogP contribution >= 0.6 is 0 Å². The minimum Gasteiger partial charge on any atom is -0.326 e. The smallest absolute Gasteiger partial charge is 0.224 e. The Labute approximate surface area is 96.0 Å². The molecule has 0 radical (unpaired) electrons. The number of aryl methyl sites for hydroxylation is 2. The maximum atomic E-state index is 11.3. The van der Waals surface area contributed by atoms with Crippen LogP contribution < -0.4 is 11.1 Å². The molecule has 1 amide bonds. The molecule has 86 valence electrons. The molecule has 1 aromatic carbocycles. The number of carbonyl (C=O) groups excluding carboxylic acids is 1. The van der Waals surface area contributed by atoms with Gasteiger partial charge in [0.25, 0.3) is 0 Å². The second-order valence-electron chi connectivity index (χ2n) is 4.43. The third-order valence-corrected chi connectivity index (χ3v) is 3.19. The molecule has 1 unspecified atom stereocenters. The first-order chi connectivity index (χ1) is 7.61. The minimum absolute atomic E-state index is 0.0987. The molecule has 1 heterocycles. The summed E-state index contributed by atoms with van der Waals surface area (Å²) in [6, 6.07) is 4.32. The van der Waals surface area contributed by atoms with Crippen molar-refractivity contribution in [2.75, 3.05) is 5.32 Å². The lowest BCUT2D eigenvalue weighted by Gasteiger charge is -2.21. The topological polar surface area (TPSA) is 55.1 Å². The lowest BCUT2D eigenvalue weighted by molar-refractivity contribution is -0.116. The van der Waals surface area contributed by atoms with Gasteiger partial charge in [0, 0.05) is 18.2 Å². The predicted octanol–water partition coefficient (Wildman–Crippen LogP) is 2.29. The molecule has 16 heavy (non-hydrogen) atoms. The fourth-order valence-corrected chi connectivity index (χ4v) is 2.17. The zero-order chi connectivity index (χ0) is 11.7. The molecule has 0 aromatic heterocycles. The van der Waals surface area contributed by atoms with E-state index in [0.29, 0.717) is 6.42 Å². The van der Waals surface area contributed by atoms with Crippen LogP contribution in [0.25, 0.3) is 0 Å². The standard InChI is InChI=1S/C13H18N2O/c1-3-11(14)10-6-8(2)13-9(7-10)4-5-12(16)15-13/h6-7,11H,3-5,14H2,1-2H3,(H,15,16). The van der Waals surface area contributed by atoms with Crippen LogP contribution in [0.1, 0.15) is 42.5 Å². The van der Waals surface area contributed by atoms with E-state index in [4.69, 9.17) is 5.73 Å². The summed E-state index contributed by atoms with van der Waals surface area (Å²) in [4.78, 5) is 11.3. The van der Waals surface area contributed by atoms with Crippen molar-refractivity contribution in [3.8, 4) is 0 Å². The van der Waals surface area contributed by atoms with Crippen LogP contribution in [-0.2, 0) is 11.2 Å². The van der Waals surface area contributed by atoms with Crippen molar-refractivity contribution in [2.45, 2.75) is 39.2 Å². The molecule has 2 rings (SSSR count). The van der Waals surface area contributed by atoms with Crippen molar-refractivity contribution in [3.05, 3.63) is 28.8 Å². The molecular formula is C13H18N2O. The van der Waals surface area contributed by atoms with E-state index in [-0.39, 0.29) is 11.9 Å². The highest BCUT2D eigenvalue weighted by molar-refractivity contribution is 5.94. The van der Waals surface area contributed by atoms with Gasteiger partial charge < -0.3 is 11.1 Å². The Bertz CT molecular complexity index is 426. The number of nitrogens with two attached hydrogens (primary N) is 1. The Morgan fingerprint density at radius 3 is 2.88 bits per heavy atom. The molecular weight excluding hydrogens is 200 g/mol. The molecule has 0 fully saturated rings. The Morgan fingerprint density at radius 1 is 1.44 bits per heavy atom. The summed E-state index contributed by atoms with van der Waals surface area (Å²) in [5, 5.41) is 2.93. The number of hydrogen-bond acceptors (Lipinski definition) is 2. The van der Waals surface area contributed by atoms with Crippen LogP contribution in [0, 0.1) is 6.92 Å². The Kier molecular flexibility index (Phi) is 2.97. The van der Waals surface area contributed by atoms with Gasteiger partial charge in [0.2, 0.25) is 5.91 Å². The zero-order valence-electron chi connectivity index (χ0n) is 9.84. The molecule has 0 aliphatic carbocycles. The lowest BCUT2D eigenvalue weighted by Crippen LogP contribution is -2.21. The number of fused-ring (bicyclic) bond motifs is 1. The summed E-state index contributed by atoms with van der Waals surface area (Å²) in [7, 11) is 0. The summed E-state index contributed by atoms with van der Waals surface area (Å²) in [6.07, 6.45) is 2.34. The molecule has 1 aliphatic rings. The van der Waals surface area contributed by atoms with Gasteiger partial charge in [-0.2, -0.15) is 0 Å². The van der Waals surface area contributed by atoms with Crippen molar-refractivity contribution in [1.29, 1.82) is 0 Å². The van der Waals surface area contributed by atoms with Crippen molar-refractivity contribution < 1.29 is 4.79 Å². The molecule has 1 aromatic rings. The molecule has 0 spiro atoms. The van der Waals surface area contributed by atoms with Gasteiger partial charge >= 0.3 is 0 Å². The summed E-state index contributed by atoms with van der Waals surface area (Å²) >= 11 is 0. The fraction of sp³-hybridized carbons (Fsp3) is 0.462. The van der Waals surface area contributed by atoms with Gasteiger partial charge in [-0.3, -0.25) is 4.79 Å². The van der Waals surface area contributed by atoms with Crippen LogP contribution in [-0.4, -0.2) is 5.91 Å². The van der Waals surface area contributed by atoms with E-state index in [2.05, 4.69) is 24.4 Å². The summed E-state index contributed by atoms with van der Waals surface area (Å²) < 4.78 is 0. The van der Waals surface area contributed by atoms with E-state index in [1.54, 1.807) is 0 Å². The molecule has 1 atom stereocenters. The maximum absolute atomic E-state index is 11.3. The predicted molar refractivity (Wildman–Crippen MR) is 65.3 cm³/mol. The second kappa shape index (κ2) is 4.26. The van der Waals surface area contributed by atoms with Crippen LogP contribution in [0.3, 0.4) is 0 Å². The van der Waals surface area contributed by atoms with E-state index in [1.165, 1.54) is 11.1 Å². The van der Waals surface area contributed by atoms with Crippen molar-refractivity contribution in [3.63, 3.8) is 0 Å². The quantitative estimate of drug-likeness (QED) is 0.800. The first-order valence-electron chi connectivity index (χ1n) is 5.80. The van der Waals surface area contributed by atoms with Gasteiger partial charge in [-0.15, -0.1) is 0 Å². The minimum atomic E-state index is 0.0987. The van der Waals surface area contributed by atoms with Gasteiger partial charge in [0.1, 0.15) is 0 Å². The normalized spacial score (nSPS) is 16.6. The van der Waals surface area contributed by atoms with Crippen molar-refractivity contribution in [2.24, 2.45) is 5.73 Å². The molecule has 0 saturated heterocycles. The number of benzene rings is 1.